The molecule has 7 heteroatoms. The topological polar surface area (TPSA) is 38.5 Å². The molecule has 21 heavy (non-hydrogen) atoms. The van der Waals surface area contributed by atoms with E-state index in [1.165, 1.54) is 0 Å². The van der Waals surface area contributed by atoms with Gasteiger partial charge in [-0.25, -0.2) is 4.98 Å². The summed E-state index contributed by atoms with van der Waals surface area (Å²) in [5.41, 5.74) is 1.93. The maximum atomic E-state index is 5.85. The number of halogens is 2. The van der Waals surface area contributed by atoms with E-state index in [0.717, 1.165) is 21.3 Å². The zero-order valence-electron chi connectivity index (χ0n) is 10.7. The molecule has 0 aliphatic rings. The van der Waals surface area contributed by atoms with Gasteiger partial charge >= 0.3 is 4.80 Å². The number of para-hydroxylation sites is 1. The van der Waals surface area contributed by atoms with Crippen LogP contribution in [-0.4, -0.2) is 0 Å². The Balaban J connectivity index is 0.00000161. The molecule has 1 heterocycles. The lowest BCUT2D eigenvalue weighted by Crippen LogP contribution is -3.00. The highest BCUT2D eigenvalue weighted by atomic mass is 127. The predicted molar refractivity (Wildman–Crippen MR) is 85.2 cm³/mol. The number of nitrogens with one attached hydrogen (secondary N) is 2. The normalized spacial score (nSPS) is 11.0. The first kappa shape index (κ1) is 16.4. The molecule has 108 valence electrons. The minimum atomic E-state index is 0. The molecule has 0 saturated carbocycles. The van der Waals surface area contributed by atoms with Crippen LogP contribution in [0.25, 0.3) is 0 Å². The number of anilines is 2. The summed E-state index contributed by atoms with van der Waals surface area (Å²) in [6.45, 7) is 0. The van der Waals surface area contributed by atoms with Crippen molar-refractivity contribution in [1.29, 1.82) is 0 Å². The summed E-state index contributed by atoms with van der Waals surface area (Å²) in [7, 11) is 3.21. The van der Waals surface area contributed by atoms with E-state index >= 15 is 0 Å². The van der Waals surface area contributed by atoms with Gasteiger partial charge < -0.3 is 24.0 Å². The van der Waals surface area contributed by atoms with Gasteiger partial charge in [-0.1, -0.05) is 34.8 Å². The van der Waals surface area contributed by atoms with Crippen molar-refractivity contribution in [3.05, 3.63) is 64.4 Å². The van der Waals surface area contributed by atoms with E-state index < -0.39 is 0 Å². The summed E-state index contributed by atoms with van der Waals surface area (Å²) < 4.78 is 0. The van der Waals surface area contributed by atoms with Crippen LogP contribution in [0.3, 0.4) is 0 Å². The molecule has 0 saturated heterocycles. The summed E-state index contributed by atoms with van der Waals surface area (Å²) in [6, 6.07) is 17.5. The first-order valence-electron chi connectivity index (χ1n) is 5.94. The monoisotopic (exact) mass is 447 g/mol. The largest absolute Gasteiger partial charge is 1.00 e. The molecule has 3 aromatic rings. The van der Waals surface area contributed by atoms with Crippen LogP contribution in [0.15, 0.2) is 59.6 Å². The lowest BCUT2D eigenvalue weighted by Gasteiger charge is -1.94. The van der Waals surface area contributed by atoms with Gasteiger partial charge in [-0.2, -0.15) is 0 Å². The second-order valence-electron chi connectivity index (χ2n) is 4.01. The Bertz CT molecular complexity index is 754. The van der Waals surface area contributed by atoms with Crippen molar-refractivity contribution < 1.29 is 29.0 Å². The van der Waals surface area contributed by atoms with Crippen LogP contribution < -0.4 is 39.1 Å². The third-order valence-electron chi connectivity index (χ3n) is 2.51. The first-order valence-corrected chi connectivity index (χ1v) is 8.47. The molecule has 0 fully saturated rings. The molecule has 0 aliphatic carbocycles. The van der Waals surface area contributed by atoms with Crippen molar-refractivity contribution >= 4 is 48.8 Å². The second-order valence-corrected chi connectivity index (χ2v) is 6.57. The van der Waals surface area contributed by atoms with Gasteiger partial charge in [-0.05, 0) is 57.1 Å². The van der Waals surface area contributed by atoms with E-state index in [4.69, 9.17) is 11.6 Å². The molecule has 1 aromatic heterocycles. The lowest BCUT2D eigenvalue weighted by atomic mass is 10.3. The SMILES string of the molecule is Clc1ccc(N=c2[nH+]c(Nc3ccccc3)ss2)cc1.[I-]. The van der Waals surface area contributed by atoms with Gasteiger partial charge in [0, 0.05) is 5.02 Å². The molecule has 0 bridgehead atoms. The summed E-state index contributed by atoms with van der Waals surface area (Å²) in [5, 5.41) is 4.99. The molecule has 2 aromatic carbocycles. The Morgan fingerprint density at radius 2 is 1.67 bits per heavy atom. The molecule has 0 spiro atoms. The van der Waals surface area contributed by atoms with Gasteiger partial charge in [0.25, 0.3) is 5.13 Å². The average Bonchev–Trinajstić information content (AvgIpc) is 2.90. The van der Waals surface area contributed by atoms with Crippen LogP contribution in [0, 0.1) is 0 Å². The van der Waals surface area contributed by atoms with Gasteiger partial charge in [0.2, 0.25) is 0 Å². The Labute approximate surface area is 151 Å². The van der Waals surface area contributed by atoms with Crippen molar-refractivity contribution in [3.8, 4) is 0 Å². The maximum Gasteiger partial charge on any atom is 0.330 e. The van der Waals surface area contributed by atoms with E-state index in [9.17, 15) is 0 Å². The molecule has 0 atom stereocenters. The Morgan fingerprint density at radius 1 is 0.952 bits per heavy atom. The zero-order chi connectivity index (χ0) is 13.8. The van der Waals surface area contributed by atoms with E-state index in [2.05, 4.69) is 15.3 Å². The summed E-state index contributed by atoms with van der Waals surface area (Å²) in [5.74, 6) is 0. The molecule has 0 unspecified atom stereocenters. The molecule has 0 aliphatic heterocycles. The minimum absolute atomic E-state index is 0. The highest BCUT2D eigenvalue weighted by molar-refractivity contribution is 7.69. The van der Waals surface area contributed by atoms with Gasteiger partial charge in [0.1, 0.15) is 5.69 Å². The molecule has 0 amide bonds. The van der Waals surface area contributed by atoms with Crippen LogP contribution in [0.4, 0.5) is 16.5 Å². The van der Waals surface area contributed by atoms with E-state index in [1.807, 2.05) is 54.6 Å². The Kier molecular flexibility index (Phi) is 6.16. The molecule has 0 radical (unpaired) electrons. The van der Waals surface area contributed by atoms with Gasteiger partial charge in [-0.15, -0.1) is 0 Å². The summed E-state index contributed by atoms with van der Waals surface area (Å²) in [4.78, 5) is 8.63. The summed E-state index contributed by atoms with van der Waals surface area (Å²) in [6.07, 6.45) is 0. The van der Waals surface area contributed by atoms with Crippen LogP contribution in [0.5, 0.6) is 0 Å². The predicted octanol–water partition coefficient (Wildman–Crippen LogP) is 1.26. The quantitative estimate of drug-likeness (QED) is 0.476. The van der Waals surface area contributed by atoms with Gasteiger partial charge in [-0.3, -0.25) is 5.32 Å². The fraction of sp³-hybridized carbons (Fsp3) is 0. The number of H-pyrrole nitrogens is 1. The fourth-order valence-corrected chi connectivity index (χ4v) is 3.51. The number of aromatic nitrogens is 1. The van der Waals surface area contributed by atoms with Crippen LogP contribution in [0.1, 0.15) is 0 Å². The molecular weight excluding hydrogens is 437 g/mol. The standard InChI is InChI=1S/C14H10ClN3S2.HI/c15-10-6-8-12(9-7-10)17-14-18-13(19-20-14)16-11-4-2-1-3-5-11;/h1-9H,(H,16,17,18);1H. The minimum Gasteiger partial charge on any atom is -1.00 e. The number of benzene rings is 2. The van der Waals surface area contributed by atoms with Crippen LogP contribution in [-0.2, 0) is 0 Å². The molecule has 2 N–H and O–H groups in total. The smallest absolute Gasteiger partial charge is 0.330 e. The molecular formula is C14H11ClIN3S2. The molecule has 3 nitrogen and oxygen atoms in total. The third kappa shape index (κ3) is 4.77. The number of hydrogen-bond donors (Lipinski definition) is 1. The Morgan fingerprint density at radius 3 is 2.38 bits per heavy atom. The van der Waals surface area contributed by atoms with Crippen molar-refractivity contribution in [1.82, 2.24) is 0 Å². The highest BCUT2D eigenvalue weighted by Gasteiger charge is 2.05. The van der Waals surface area contributed by atoms with Crippen molar-refractivity contribution in [3.63, 3.8) is 0 Å². The number of nitrogens with zero attached hydrogens (tertiary/aromatic N) is 1. The fourth-order valence-electron chi connectivity index (χ4n) is 1.60. The van der Waals surface area contributed by atoms with Crippen molar-refractivity contribution in [2.24, 2.45) is 4.99 Å². The van der Waals surface area contributed by atoms with E-state index in [-0.39, 0.29) is 24.0 Å². The van der Waals surface area contributed by atoms with Crippen molar-refractivity contribution in [2.75, 3.05) is 5.32 Å². The number of aromatic amines is 1. The summed E-state index contributed by atoms with van der Waals surface area (Å²) >= 11 is 5.85. The van der Waals surface area contributed by atoms with Gasteiger partial charge in [0.05, 0.1) is 5.69 Å². The maximum absolute atomic E-state index is 5.85. The van der Waals surface area contributed by atoms with Crippen molar-refractivity contribution in [2.45, 2.75) is 0 Å². The van der Waals surface area contributed by atoms with E-state index in [0.29, 0.717) is 5.02 Å². The number of rotatable bonds is 3. The average molecular weight is 448 g/mol. The number of hydrogen-bond acceptors (Lipinski definition) is 4. The lowest BCUT2D eigenvalue weighted by molar-refractivity contribution is -0.372. The Hall–Kier alpha value is -0.960. The van der Waals surface area contributed by atoms with Gasteiger partial charge in [0.15, 0.2) is 0 Å². The second kappa shape index (κ2) is 7.88. The first-order chi connectivity index (χ1) is 9.79. The van der Waals surface area contributed by atoms with E-state index in [1.54, 1.807) is 20.7 Å². The van der Waals surface area contributed by atoms with Crippen LogP contribution in [0.2, 0.25) is 5.02 Å². The molecule has 3 rings (SSSR count). The highest BCUT2D eigenvalue weighted by Crippen LogP contribution is 2.18. The zero-order valence-corrected chi connectivity index (χ0v) is 15.3. The van der Waals surface area contributed by atoms with Crippen LogP contribution >= 0.6 is 32.3 Å². The third-order valence-corrected chi connectivity index (χ3v) is 4.79.